The summed E-state index contributed by atoms with van der Waals surface area (Å²) >= 11 is 0. The Bertz CT molecular complexity index is 597. The lowest BCUT2D eigenvalue weighted by Gasteiger charge is -2.11. The normalized spacial score (nSPS) is 18.8. The summed E-state index contributed by atoms with van der Waals surface area (Å²) < 4.78 is 26.5. The topological polar surface area (TPSA) is 101 Å². The molecule has 1 fully saturated rings. The summed E-state index contributed by atoms with van der Waals surface area (Å²) in [6.07, 6.45) is 2.91. The van der Waals surface area contributed by atoms with Crippen LogP contribution in [0.4, 0.5) is 5.69 Å². The van der Waals surface area contributed by atoms with Crippen LogP contribution in [0.15, 0.2) is 24.3 Å². The van der Waals surface area contributed by atoms with Crippen LogP contribution in [0, 0.1) is 10.1 Å². The molecule has 7 nitrogen and oxygen atoms in total. The standard InChI is InChI=1S/C13H19N3O4S/c17-16(18)13-6-2-1-4-11(13)10-21(19,20)15-9-7-12-5-3-8-14-12/h1-2,4,6,12,14-15H,3,5,7-10H2/t12-/m1/s1. The van der Waals surface area contributed by atoms with Gasteiger partial charge in [0.1, 0.15) is 0 Å². The number of nitro benzene ring substituents is 1. The number of nitro groups is 1. The molecule has 0 radical (unpaired) electrons. The fourth-order valence-corrected chi connectivity index (χ4v) is 3.64. The van der Waals surface area contributed by atoms with Crippen molar-refractivity contribution in [1.82, 2.24) is 10.0 Å². The summed E-state index contributed by atoms with van der Waals surface area (Å²) in [5, 5.41) is 14.2. The van der Waals surface area contributed by atoms with Crippen molar-refractivity contribution in [2.45, 2.75) is 31.1 Å². The van der Waals surface area contributed by atoms with Crippen LogP contribution in [-0.4, -0.2) is 32.5 Å². The molecule has 116 valence electrons. The molecule has 8 heteroatoms. The van der Waals surface area contributed by atoms with Crippen LogP contribution < -0.4 is 10.0 Å². The van der Waals surface area contributed by atoms with E-state index in [9.17, 15) is 18.5 Å². The van der Waals surface area contributed by atoms with Crippen LogP contribution >= 0.6 is 0 Å². The SMILES string of the molecule is O=[N+]([O-])c1ccccc1CS(=O)(=O)NCC[C@H]1CCCN1. The van der Waals surface area contributed by atoms with Gasteiger partial charge in [-0.1, -0.05) is 18.2 Å². The molecule has 1 aromatic carbocycles. The number of hydrogen-bond donors (Lipinski definition) is 2. The quantitative estimate of drug-likeness (QED) is 0.581. The van der Waals surface area contributed by atoms with Gasteiger partial charge in [0.2, 0.25) is 10.0 Å². The lowest BCUT2D eigenvalue weighted by molar-refractivity contribution is -0.385. The zero-order valence-corrected chi connectivity index (χ0v) is 12.4. The van der Waals surface area contributed by atoms with E-state index in [2.05, 4.69) is 10.0 Å². The zero-order valence-electron chi connectivity index (χ0n) is 11.6. The first-order chi connectivity index (χ1) is 9.98. The van der Waals surface area contributed by atoms with Gasteiger partial charge in [0.15, 0.2) is 0 Å². The molecule has 2 rings (SSSR count). The number of hydrogen-bond acceptors (Lipinski definition) is 5. The summed E-state index contributed by atoms with van der Waals surface area (Å²) in [6, 6.07) is 6.26. The number of benzene rings is 1. The molecule has 0 saturated carbocycles. The molecular weight excluding hydrogens is 294 g/mol. The van der Waals surface area contributed by atoms with Gasteiger partial charge in [-0.25, -0.2) is 13.1 Å². The summed E-state index contributed by atoms with van der Waals surface area (Å²) in [6.45, 7) is 1.33. The predicted octanol–water partition coefficient (Wildman–Crippen LogP) is 1.16. The van der Waals surface area contributed by atoms with Crippen LogP contribution in [0.25, 0.3) is 0 Å². The third-order valence-electron chi connectivity index (χ3n) is 3.51. The molecule has 2 N–H and O–H groups in total. The zero-order chi connectivity index (χ0) is 15.3. The van der Waals surface area contributed by atoms with E-state index in [1.165, 1.54) is 18.2 Å². The minimum absolute atomic E-state index is 0.166. The van der Waals surface area contributed by atoms with Crippen molar-refractivity contribution in [3.05, 3.63) is 39.9 Å². The van der Waals surface area contributed by atoms with Gasteiger partial charge in [0, 0.05) is 24.2 Å². The molecule has 0 bridgehead atoms. The van der Waals surface area contributed by atoms with Crippen molar-refractivity contribution in [3.8, 4) is 0 Å². The molecule has 0 spiro atoms. The summed E-state index contributed by atoms with van der Waals surface area (Å²) in [7, 11) is -3.56. The van der Waals surface area contributed by atoms with Crippen LogP contribution in [-0.2, 0) is 15.8 Å². The van der Waals surface area contributed by atoms with E-state index in [4.69, 9.17) is 0 Å². The van der Waals surface area contributed by atoms with Crippen LogP contribution in [0.1, 0.15) is 24.8 Å². The van der Waals surface area contributed by atoms with E-state index in [1.807, 2.05) is 0 Å². The van der Waals surface area contributed by atoms with Crippen molar-refractivity contribution in [2.75, 3.05) is 13.1 Å². The van der Waals surface area contributed by atoms with Crippen molar-refractivity contribution < 1.29 is 13.3 Å². The Labute approximate surface area is 123 Å². The highest BCUT2D eigenvalue weighted by atomic mass is 32.2. The van der Waals surface area contributed by atoms with Gasteiger partial charge in [0.05, 0.1) is 10.7 Å². The molecule has 21 heavy (non-hydrogen) atoms. The Morgan fingerprint density at radius 2 is 2.14 bits per heavy atom. The monoisotopic (exact) mass is 313 g/mol. The second-order valence-corrected chi connectivity index (χ2v) is 6.93. The Morgan fingerprint density at radius 3 is 2.81 bits per heavy atom. The second-order valence-electron chi connectivity index (χ2n) is 5.12. The minimum atomic E-state index is -3.56. The maximum absolute atomic E-state index is 12.0. The van der Waals surface area contributed by atoms with Gasteiger partial charge in [-0.15, -0.1) is 0 Å². The molecular formula is C13H19N3O4S. The maximum atomic E-state index is 12.0. The van der Waals surface area contributed by atoms with E-state index in [0.29, 0.717) is 12.6 Å². The van der Waals surface area contributed by atoms with Crippen molar-refractivity contribution in [1.29, 1.82) is 0 Å². The van der Waals surface area contributed by atoms with Gasteiger partial charge in [-0.2, -0.15) is 0 Å². The lowest BCUT2D eigenvalue weighted by atomic mass is 10.2. The van der Waals surface area contributed by atoms with E-state index < -0.39 is 14.9 Å². The Kier molecular flexibility index (Phi) is 5.27. The molecule has 1 aromatic rings. The highest BCUT2D eigenvalue weighted by Gasteiger charge is 2.20. The number of nitrogens with zero attached hydrogens (tertiary/aromatic N) is 1. The highest BCUT2D eigenvalue weighted by molar-refractivity contribution is 7.88. The largest absolute Gasteiger partial charge is 0.314 e. The fraction of sp³-hybridized carbons (Fsp3) is 0.538. The molecule has 1 atom stereocenters. The minimum Gasteiger partial charge on any atom is -0.314 e. The van der Waals surface area contributed by atoms with Crippen molar-refractivity contribution >= 4 is 15.7 Å². The Hall–Kier alpha value is -1.51. The van der Waals surface area contributed by atoms with Gasteiger partial charge in [-0.3, -0.25) is 10.1 Å². The highest BCUT2D eigenvalue weighted by Crippen LogP contribution is 2.19. The van der Waals surface area contributed by atoms with Crippen LogP contribution in [0.3, 0.4) is 0 Å². The average molecular weight is 313 g/mol. The number of para-hydroxylation sites is 1. The molecule has 1 saturated heterocycles. The molecule has 0 unspecified atom stereocenters. The number of rotatable bonds is 7. The number of nitrogens with one attached hydrogen (secondary N) is 2. The smallest absolute Gasteiger partial charge is 0.273 e. The molecule has 0 aromatic heterocycles. The first kappa shape index (κ1) is 15.9. The predicted molar refractivity (Wildman–Crippen MR) is 79.4 cm³/mol. The van der Waals surface area contributed by atoms with Gasteiger partial charge < -0.3 is 5.32 Å². The van der Waals surface area contributed by atoms with E-state index in [1.54, 1.807) is 6.07 Å². The third kappa shape index (κ3) is 4.76. The van der Waals surface area contributed by atoms with Gasteiger partial charge in [0.25, 0.3) is 5.69 Å². The van der Waals surface area contributed by atoms with E-state index >= 15 is 0 Å². The summed E-state index contributed by atoms with van der Waals surface area (Å²) in [5.41, 5.74) is 0.0364. The maximum Gasteiger partial charge on any atom is 0.273 e. The number of sulfonamides is 1. The third-order valence-corrected chi connectivity index (χ3v) is 4.85. The molecule has 0 aliphatic carbocycles. The van der Waals surface area contributed by atoms with Crippen molar-refractivity contribution in [3.63, 3.8) is 0 Å². The lowest BCUT2D eigenvalue weighted by Crippen LogP contribution is -2.31. The summed E-state index contributed by atoms with van der Waals surface area (Å²) in [4.78, 5) is 10.3. The first-order valence-electron chi connectivity index (χ1n) is 6.91. The van der Waals surface area contributed by atoms with E-state index in [0.717, 1.165) is 25.8 Å². The summed E-state index contributed by atoms with van der Waals surface area (Å²) in [5.74, 6) is -0.373. The first-order valence-corrected chi connectivity index (χ1v) is 8.56. The molecule has 1 aliphatic heterocycles. The van der Waals surface area contributed by atoms with Crippen LogP contribution in [0.2, 0.25) is 0 Å². The Morgan fingerprint density at radius 1 is 1.38 bits per heavy atom. The molecule has 0 amide bonds. The molecule has 1 aliphatic rings. The average Bonchev–Trinajstić information content (AvgIpc) is 2.91. The molecule has 1 heterocycles. The van der Waals surface area contributed by atoms with Gasteiger partial charge >= 0.3 is 0 Å². The fourth-order valence-electron chi connectivity index (χ4n) is 2.46. The Balaban J connectivity index is 1.92. The van der Waals surface area contributed by atoms with E-state index in [-0.39, 0.29) is 17.0 Å². The second kappa shape index (κ2) is 6.97. The van der Waals surface area contributed by atoms with Crippen LogP contribution in [0.5, 0.6) is 0 Å². The van der Waals surface area contributed by atoms with Gasteiger partial charge in [-0.05, 0) is 25.8 Å². The van der Waals surface area contributed by atoms with Crippen molar-refractivity contribution in [2.24, 2.45) is 0 Å².